The van der Waals surface area contributed by atoms with Gasteiger partial charge in [-0.15, -0.1) is 0 Å². The standard InChI is InChI=1S/C49H32N2O/c1-4-14-33(15-5-1)43-30-28-34-26-27-35-29-31-44(51-47(35)46(34)50-43)37-17-12-16-36(32-37)40-22-13-24-42-48(40)52-45-25-11-10-23-41(45)49(42,38-18-6-2-7-19-38)39-20-8-3-9-21-39/h1-32H. The molecule has 0 saturated heterocycles. The van der Waals surface area contributed by atoms with Gasteiger partial charge in [-0.05, 0) is 41.0 Å². The van der Waals surface area contributed by atoms with Gasteiger partial charge >= 0.3 is 0 Å². The highest BCUT2D eigenvalue weighted by Crippen LogP contribution is 2.57. The van der Waals surface area contributed by atoms with Crippen LogP contribution in [0.3, 0.4) is 0 Å². The fourth-order valence-electron chi connectivity index (χ4n) is 8.00. The van der Waals surface area contributed by atoms with Crippen molar-refractivity contribution in [2.75, 3.05) is 0 Å². The van der Waals surface area contributed by atoms with Crippen LogP contribution in [0.5, 0.6) is 11.5 Å². The van der Waals surface area contributed by atoms with Crippen LogP contribution in [0.2, 0.25) is 0 Å². The van der Waals surface area contributed by atoms with Crippen molar-refractivity contribution in [3.05, 3.63) is 216 Å². The van der Waals surface area contributed by atoms with Crippen LogP contribution in [-0.2, 0) is 5.41 Å². The molecular formula is C49H32N2O. The van der Waals surface area contributed by atoms with Crippen LogP contribution in [0.15, 0.2) is 194 Å². The summed E-state index contributed by atoms with van der Waals surface area (Å²) in [7, 11) is 0. The number of hydrogen-bond donors (Lipinski definition) is 0. The molecule has 1 aliphatic rings. The van der Waals surface area contributed by atoms with E-state index in [0.717, 1.165) is 78.1 Å². The molecule has 52 heavy (non-hydrogen) atoms. The third kappa shape index (κ3) is 4.74. The molecule has 1 aliphatic heterocycles. The summed E-state index contributed by atoms with van der Waals surface area (Å²) < 4.78 is 6.94. The monoisotopic (exact) mass is 664 g/mol. The predicted molar refractivity (Wildman–Crippen MR) is 212 cm³/mol. The van der Waals surface area contributed by atoms with Crippen molar-refractivity contribution in [2.45, 2.75) is 5.41 Å². The van der Waals surface area contributed by atoms with Gasteiger partial charge in [0.2, 0.25) is 0 Å². The Morgan fingerprint density at radius 3 is 1.56 bits per heavy atom. The molecular weight excluding hydrogens is 633 g/mol. The van der Waals surface area contributed by atoms with Crippen molar-refractivity contribution in [3.8, 4) is 45.1 Å². The summed E-state index contributed by atoms with van der Waals surface area (Å²) >= 11 is 0. The molecule has 2 aromatic heterocycles. The van der Waals surface area contributed by atoms with Gasteiger partial charge in [-0.25, -0.2) is 9.97 Å². The largest absolute Gasteiger partial charge is 0.456 e. The number of fused-ring (bicyclic) bond motifs is 5. The summed E-state index contributed by atoms with van der Waals surface area (Å²) in [6.45, 7) is 0. The Kier molecular flexibility index (Phi) is 7.04. The third-order valence-electron chi connectivity index (χ3n) is 10.4. The minimum absolute atomic E-state index is 0.577. The highest BCUT2D eigenvalue weighted by atomic mass is 16.5. The van der Waals surface area contributed by atoms with Crippen molar-refractivity contribution in [3.63, 3.8) is 0 Å². The van der Waals surface area contributed by atoms with E-state index in [2.05, 4.69) is 176 Å². The van der Waals surface area contributed by atoms with Crippen LogP contribution in [0.1, 0.15) is 22.3 Å². The maximum Gasteiger partial charge on any atom is 0.140 e. The first-order valence-corrected chi connectivity index (χ1v) is 17.7. The van der Waals surface area contributed by atoms with Crippen LogP contribution in [0.25, 0.3) is 55.4 Å². The van der Waals surface area contributed by atoms with Crippen LogP contribution in [0.4, 0.5) is 0 Å². The van der Waals surface area contributed by atoms with E-state index in [1.165, 1.54) is 11.1 Å². The number of hydrogen-bond acceptors (Lipinski definition) is 3. The number of nitrogens with zero attached hydrogens (tertiary/aromatic N) is 2. The van der Waals surface area contributed by atoms with Crippen LogP contribution in [-0.4, -0.2) is 9.97 Å². The zero-order valence-electron chi connectivity index (χ0n) is 28.3. The lowest BCUT2D eigenvalue weighted by Crippen LogP contribution is -2.34. The summed E-state index contributed by atoms with van der Waals surface area (Å²) in [5.74, 6) is 1.72. The van der Waals surface area contributed by atoms with E-state index in [1.54, 1.807) is 0 Å². The van der Waals surface area contributed by atoms with Crippen LogP contribution >= 0.6 is 0 Å². The number of para-hydroxylation sites is 2. The predicted octanol–water partition coefficient (Wildman–Crippen LogP) is 12.3. The minimum Gasteiger partial charge on any atom is -0.456 e. The Balaban J connectivity index is 1.15. The zero-order valence-corrected chi connectivity index (χ0v) is 28.3. The molecule has 0 amide bonds. The van der Waals surface area contributed by atoms with Crippen molar-refractivity contribution in [1.82, 2.24) is 9.97 Å². The molecule has 0 atom stereocenters. The van der Waals surface area contributed by atoms with E-state index in [0.29, 0.717) is 0 Å². The topological polar surface area (TPSA) is 35.0 Å². The number of ether oxygens (including phenoxy) is 1. The maximum atomic E-state index is 6.94. The molecule has 3 heterocycles. The summed E-state index contributed by atoms with van der Waals surface area (Å²) in [6, 6.07) is 68.3. The number of rotatable bonds is 5. The van der Waals surface area contributed by atoms with E-state index in [1.807, 2.05) is 18.2 Å². The Bertz CT molecular complexity index is 2720. The van der Waals surface area contributed by atoms with Crippen LogP contribution < -0.4 is 4.74 Å². The Morgan fingerprint density at radius 2 is 0.885 bits per heavy atom. The molecule has 3 nitrogen and oxygen atoms in total. The fourth-order valence-corrected chi connectivity index (χ4v) is 8.00. The number of aromatic nitrogens is 2. The van der Waals surface area contributed by atoms with E-state index in [4.69, 9.17) is 14.7 Å². The van der Waals surface area contributed by atoms with E-state index in [9.17, 15) is 0 Å². The van der Waals surface area contributed by atoms with Crippen molar-refractivity contribution >= 4 is 21.8 Å². The Labute approximate surface area is 302 Å². The normalized spacial score (nSPS) is 12.9. The molecule has 0 saturated carbocycles. The van der Waals surface area contributed by atoms with Gasteiger partial charge in [0.15, 0.2) is 0 Å². The quantitative estimate of drug-likeness (QED) is 0.172. The second-order valence-electron chi connectivity index (χ2n) is 13.3. The van der Waals surface area contributed by atoms with Gasteiger partial charge in [0.1, 0.15) is 11.5 Å². The molecule has 0 aliphatic carbocycles. The Morgan fingerprint density at radius 1 is 0.385 bits per heavy atom. The second kappa shape index (κ2) is 12.2. The second-order valence-corrected chi connectivity index (χ2v) is 13.3. The highest BCUT2D eigenvalue weighted by Gasteiger charge is 2.45. The van der Waals surface area contributed by atoms with Crippen LogP contribution in [0, 0.1) is 0 Å². The lowest BCUT2D eigenvalue weighted by atomic mass is 9.63. The van der Waals surface area contributed by atoms with Gasteiger partial charge in [0.25, 0.3) is 0 Å². The maximum absolute atomic E-state index is 6.94. The summed E-state index contributed by atoms with van der Waals surface area (Å²) in [4.78, 5) is 10.4. The molecule has 0 spiro atoms. The molecule has 0 N–H and O–H groups in total. The summed E-state index contributed by atoms with van der Waals surface area (Å²) in [5.41, 5.74) is 11.9. The zero-order chi connectivity index (χ0) is 34.5. The molecule has 0 bridgehead atoms. The highest BCUT2D eigenvalue weighted by molar-refractivity contribution is 6.04. The molecule has 7 aromatic carbocycles. The third-order valence-corrected chi connectivity index (χ3v) is 10.4. The molecule has 9 aromatic rings. The molecule has 244 valence electrons. The summed E-state index contributed by atoms with van der Waals surface area (Å²) in [6.07, 6.45) is 0. The molecule has 10 rings (SSSR count). The lowest BCUT2D eigenvalue weighted by molar-refractivity contribution is 0.436. The fraction of sp³-hybridized carbons (Fsp3) is 0.0204. The number of benzene rings is 7. The van der Waals surface area contributed by atoms with Crippen molar-refractivity contribution in [1.29, 1.82) is 0 Å². The van der Waals surface area contributed by atoms with Crippen molar-refractivity contribution in [2.24, 2.45) is 0 Å². The van der Waals surface area contributed by atoms with E-state index >= 15 is 0 Å². The van der Waals surface area contributed by atoms with Gasteiger partial charge in [0, 0.05) is 38.6 Å². The van der Waals surface area contributed by atoms with E-state index in [-0.39, 0.29) is 0 Å². The first-order valence-electron chi connectivity index (χ1n) is 17.7. The van der Waals surface area contributed by atoms with Crippen molar-refractivity contribution < 1.29 is 4.74 Å². The molecule has 0 fully saturated rings. The van der Waals surface area contributed by atoms with Gasteiger partial charge in [0.05, 0.1) is 27.8 Å². The molecule has 0 unspecified atom stereocenters. The average Bonchev–Trinajstić information content (AvgIpc) is 3.23. The van der Waals surface area contributed by atoms with Gasteiger partial charge in [-0.3, -0.25) is 0 Å². The van der Waals surface area contributed by atoms with Gasteiger partial charge in [-0.2, -0.15) is 0 Å². The first-order chi connectivity index (χ1) is 25.8. The van der Waals surface area contributed by atoms with Gasteiger partial charge in [-0.1, -0.05) is 170 Å². The molecule has 3 heteroatoms. The SMILES string of the molecule is c1ccc(-c2ccc3ccc4ccc(-c5cccc(-c6cccc7c6Oc6ccccc6C7(c6ccccc6)c6ccccc6)c5)nc4c3n2)cc1. The van der Waals surface area contributed by atoms with Gasteiger partial charge < -0.3 is 4.74 Å². The smallest absolute Gasteiger partial charge is 0.140 e. The Hall–Kier alpha value is -6.84. The lowest BCUT2D eigenvalue weighted by Gasteiger charge is -2.42. The van der Waals surface area contributed by atoms with E-state index < -0.39 is 5.41 Å². The average molecular weight is 665 g/mol. The minimum atomic E-state index is -0.577. The number of pyridine rings is 2. The first kappa shape index (κ1) is 30.0. The molecule has 0 radical (unpaired) electrons. The summed E-state index contributed by atoms with van der Waals surface area (Å²) in [5, 5.41) is 2.13.